The molecule has 3 aliphatic rings. The normalized spacial score (nSPS) is 19.9. The van der Waals surface area contributed by atoms with Crippen molar-refractivity contribution in [1.29, 1.82) is 0 Å². The minimum absolute atomic E-state index is 0.0391. The number of aliphatic carboxylic acids is 2. The number of amides is 5. The molecule has 69 heavy (non-hydrogen) atoms. The Morgan fingerprint density at radius 1 is 0.754 bits per heavy atom. The smallest absolute Gasteiger partial charge is 0.481 e. The third kappa shape index (κ3) is 15.8. The highest BCUT2D eigenvalue weighted by Crippen LogP contribution is 2.39. The van der Waals surface area contributed by atoms with Crippen LogP contribution in [-0.4, -0.2) is 112 Å². The quantitative estimate of drug-likeness (QED) is 0.0487. The van der Waals surface area contributed by atoms with Gasteiger partial charge in [-0.05, 0) is 74.0 Å². The summed E-state index contributed by atoms with van der Waals surface area (Å²) in [5, 5.41) is 28.3. The number of aliphatic imine (C=N–C) groups is 1. The maximum absolute atomic E-state index is 14.5. The average molecular weight is 963 g/mol. The van der Waals surface area contributed by atoms with Gasteiger partial charge < -0.3 is 47.8 Å². The van der Waals surface area contributed by atoms with Crippen molar-refractivity contribution in [3.63, 3.8) is 0 Å². The lowest BCUT2D eigenvalue weighted by atomic mass is 9.86. The third-order valence-corrected chi connectivity index (χ3v) is 12.7. The molecule has 3 aromatic carbocycles. The number of carboxylic acid groups (broad SMARTS) is 2. The summed E-state index contributed by atoms with van der Waals surface area (Å²) in [5.41, 5.74) is 14.0. The fourth-order valence-corrected chi connectivity index (χ4v) is 9.33. The average Bonchev–Trinajstić information content (AvgIpc) is 3.70. The number of rotatable bonds is 19. The van der Waals surface area contributed by atoms with E-state index in [0.29, 0.717) is 25.7 Å². The van der Waals surface area contributed by atoms with E-state index >= 15 is 0 Å². The molecule has 372 valence electrons. The van der Waals surface area contributed by atoms with E-state index in [1.165, 1.54) is 0 Å². The second-order valence-corrected chi connectivity index (χ2v) is 17.6. The van der Waals surface area contributed by atoms with Crippen molar-refractivity contribution < 1.29 is 56.9 Å². The van der Waals surface area contributed by atoms with Crippen LogP contribution in [0, 0.1) is 11.8 Å². The van der Waals surface area contributed by atoms with E-state index in [9.17, 15) is 47.0 Å². The van der Waals surface area contributed by atoms with Crippen molar-refractivity contribution in [1.82, 2.24) is 26.2 Å². The topological polar surface area (TPSA) is 276 Å². The summed E-state index contributed by atoms with van der Waals surface area (Å²) < 4.78 is 31.7. The predicted molar refractivity (Wildman–Crippen MR) is 248 cm³/mol. The molecular formula is C49H61F3N8O9. The molecule has 1 aliphatic carbocycles. The maximum atomic E-state index is 14.5. The summed E-state index contributed by atoms with van der Waals surface area (Å²) in [6.45, 7) is 0.259. The number of halogens is 3. The highest BCUT2D eigenvalue weighted by atomic mass is 19.4. The van der Waals surface area contributed by atoms with Gasteiger partial charge in [0.25, 0.3) is 0 Å². The number of carbonyl (C=O) groups is 7. The van der Waals surface area contributed by atoms with E-state index in [1.54, 1.807) is 4.90 Å². The van der Waals surface area contributed by atoms with Crippen molar-refractivity contribution in [3.8, 4) is 0 Å². The van der Waals surface area contributed by atoms with Crippen molar-refractivity contribution in [2.24, 2.45) is 28.3 Å². The van der Waals surface area contributed by atoms with E-state index < -0.39 is 66.4 Å². The van der Waals surface area contributed by atoms with Crippen LogP contribution in [0.15, 0.2) is 96.0 Å². The van der Waals surface area contributed by atoms with E-state index in [0.717, 1.165) is 48.8 Å². The Morgan fingerprint density at radius 2 is 1.33 bits per heavy atom. The second-order valence-electron chi connectivity index (χ2n) is 17.6. The van der Waals surface area contributed by atoms with E-state index in [-0.39, 0.29) is 67.5 Å². The molecule has 6 rings (SSSR count). The number of fused-ring (bicyclic) bond motifs is 1. The highest BCUT2D eigenvalue weighted by Gasteiger charge is 2.51. The Hall–Kier alpha value is -6.99. The van der Waals surface area contributed by atoms with Gasteiger partial charge in [-0.15, -0.1) is 0 Å². The van der Waals surface area contributed by atoms with Crippen LogP contribution in [0.5, 0.6) is 0 Å². The number of nitrogens with zero attached hydrogens (tertiary/aromatic N) is 2. The maximum Gasteiger partial charge on any atom is 0.490 e. The Balaban J connectivity index is 0.00000118. The van der Waals surface area contributed by atoms with Gasteiger partial charge in [-0.2, -0.15) is 13.2 Å². The Kier molecular flexibility index (Phi) is 19.5. The summed E-state index contributed by atoms with van der Waals surface area (Å²) in [7, 11) is 0. The fraction of sp³-hybridized carbons (Fsp3) is 0.469. The zero-order chi connectivity index (χ0) is 50.1. The van der Waals surface area contributed by atoms with Gasteiger partial charge in [-0.3, -0.25) is 33.8 Å². The lowest BCUT2D eigenvalue weighted by Crippen LogP contribution is -2.61. The van der Waals surface area contributed by atoms with E-state index in [1.807, 2.05) is 91.0 Å². The number of nitrogens with two attached hydrogens (primary N) is 2. The Bertz CT molecular complexity index is 2210. The molecule has 0 spiro atoms. The Morgan fingerprint density at radius 3 is 1.88 bits per heavy atom. The van der Waals surface area contributed by atoms with E-state index in [4.69, 9.17) is 21.4 Å². The second kappa shape index (κ2) is 25.4. The number of piperidine rings is 1. The zero-order valence-corrected chi connectivity index (χ0v) is 38.1. The number of carboxylic acids is 2. The first kappa shape index (κ1) is 53.0. The first-order valence-electron chi connectivity index (χ1n) is 23.1. The van der Waals surface area contributed by atoms with Crippen LogP contribution in [0.1, 0.15) is 93.2 Å². The molecule has 2 saturated heterocycles. The van der Waals surface area contributed by atoms with Crippen LogP contribution < -0.4 is 32.7 Å². The molecule has 0 bridgehead atoms. The summed E-state index contributed by atoms with van der Waals surface area (Å²) in [4.78, 5) is 96.7. The van der Waals surface area contributed by atoms with Crippen molar-refractivity contribution in [3.05, 3.63) is 108 Å². The van der Waals surface area contributed by atoms with Crippen molar-refractivity contribution >= 4 is 47.4 Å². The molecule has 10 N–H and O–H groups in total. The molecule has 5 amide bonds. The van der Waals surface area contributed by atoms with Crippen LogP contribution in [0.4, 0.5) is 13.2 Å². The highest BCUT2D eigenvalue weighted by molar-refractivity contribution is 5.97. The molecule has 6 atom stereocenters. The largest absolute Gasteiger partial charge is 0.490 e. The number of carbonyl (C=O) groups excluding carboxylic acids is 5. The zero-order valence-electron chi connectivity index (χ0n) is 38.1. The van der Waals surface area contributed by atoms with Gasteiger partial charge in [0.05, 0.1) is 6.42 Å². The number of hydrogen-bond acceptors (Lipinski definition) is 8. The van der Waals surface area contributed by atoms with Crippen LogP contribution in [-0.2, 0) is 40.0 Å². The Labute approximate surface area is 398 Å². The molecule has 3 fully saturated rings. The predicted octanol–water partition coefficient (Wildman–Crippen LogP) is 3.75. The van der Waals surface area contributed by atoms with Gasteiger partial charge >= 0.3 is 18.1 Å². The van der Waals surface area contributed by atoms with Gasteiger partial charge in [0.15, 0.2) is 5.96 Å². The molecule has 0 radical (unpaired) electrons. The van der Waals surface area contributed by atoms with Gasteiger partial charge in [0.2, 0.25) is 29.5 Å². The minimum Gasteiger partial charge on any atom is -0.481 e. The molecule has 1 saturated carbocycles. The molecule has 2 heterocycles. The lowest BCUT2D eigenvalue weighted by Gasteiger charge is -2.39. The molecule has 2 aliphatic heterocycles. The van der Waals surface area contributed by atoms with Gasteiger partial charge in [0.1, 0.15) is 24.2 Å². The molecule has 20 heteroatoms. The molecule has 1 unspecified atom stereocenters. The van der Waals surface area contributed by atoms with Gasteiger partial charge in [-0.25, -0.2) is 4.79 Å². The number of guanidine groups is 1. The fourth-order valence-electron chi connectivity index (χ4n) is 9.33. The van der Waals surface area contributed by atoms with Crippen LogP contribution >= 0.6 is 0 Å². The van der Waals surface area contributed by atoms with Crippen LogP contribution in [0.25, 0.3) is 0 Å². The van der Waals surface area contributed by atoms with Crippen molar-refractivity contribution in [2.75, 3.05) is 13.1 Å². The molecular weight excluding hydrogens is 902 g/mol. The summed E-state index contributed by atoms with van der Waals surface area (Å²) in [6, 6.07) is 24.3. The van der Waals surface area contributed by atoms with Crippen LogP contribution in [0.3, 0.4) is 0 Å². The standard InChI is InChI=1S/C47H60N8O7.C2HF3O2/c48-47(49)50-25-13-22-36(44(60)54-38(28-41(56)57)43(59)51-29-35(31-16-7-2-8-17-31)32-18-9-3-10-19-32)52-45(61)40-27-34(26-30-14-5-1-6-15-30)39-24-23-37(46(62)55(39)40)53-42(58)33-20-11-4-12-21-33;3-2(4,5)1(6)7/h1-3,5-10,14-19,33-40H,4,11-13,20-29H2,(H,51,59)(H,52,61)(H,53,58)(H,54,60)(H,56,57)(H4,48,49,50);(H,6,7)/t34-,36+,37-,38+,39?,40+;/m1./s1. The summed E-state index contributed by atoms with van der Waals surface area (Å²) in [6.07, 6.45) is 1.10. The number of hydrogen-bond donors (Lipinski definition) is 8. The first-order valence-corrected chi connectivity index (χ1v) is 23.1. The van der Waals surface area contributed by atoms with E-state index in [2.05, 4.69) is 26.3 Å². The van der Waals surface area contributed by atoms with Gasteiger partial charge in [0, 0.05) is 31.0 Å². The lowest BCUT2D eigenvalue weighted by molar-refractivity contribution is -0.192. The SMILES string of the molecule is NC(N)=NCCC[C@H](NC(=O)[C@@H]1C[C@@H](Cc2ccccc2)C2CC[C@@H](NC(=O)C3CCCCC3)C(=O)N21)C(=O)N[C@@H](CC(=O)O)C(=O)NCC(c1ccccc1)c1ccccc1.O=C(O)C(F)(F)F. The molecule has 17 nitrogen and oxygen atoms in total. The molecule has 3 aromatic rings. The van der Waals surface area contributed by atoms with Crippen molar-refractivity contribution in [2.45, 2.75) is 119 Å². The summed E-state index contributed by atoms with van der Waals surface area (Å²) >= 11 is 0. The monoisotopic (exact) mass is 962 g/mol. The van der Waals surface area contributed by atoms with Gasteiger partial charge in [-0.1, -0.05) is 110 Å². The molecule has 0 aromatic heterocycles. The van der Waals surface area contributed by atoms with Crippen LogP contribution in [0.2, 0.25) is 0 Å². The minimum atomic E-state index is -5.08. The first-order chi connectivity index (χ1) is 32.9. The third-order valence-electron chi connectivity index (χ3n) is 12.7. The number of nitrogens with one attached hydrogen (secondary N) is 4. The number of alkyl halides is 3. The summed E-state index contributed by atoms with van der Waals surface area (Å²) in [5.74, 6) is -7.17. The number of benzene rings is 3.